The Morgan fingerprint density at radius 3 is 0.903 bits per heavy atom. The third kappa shape index (κ3) is 59.6. The minimum absolute atomic E-state index is 0.0657. The number of aliphatic hydroxyl groups excluding tert-OH is 1. The SMILES string of the molecule is CC/C=C\C/C=C\C/C=C\C/C=C\C/C=C\CCCCCCCCCCCCCCCCCCCC(=O)OC(CO)COC(=O)CCCCCCCCCCCCCCC/C=C\C/C=C\CCCCCCC. The van der Waals surface area contributed by atoms with Crippen molar-refractivity contribution in [1.29, 1.82) is 0 Å². The van der Waals surface area contributed by atoms with Gasteiger partial charge in [-0.3, -0.25) is 9.59 Å². The lowest BCUT2D eigenvalue weighted by atomic mass is 10.0. The normalized spacial score (nSPS) is 12.8. The van der Waals surface area contributed by atoms with Crippen LogP contribution in [-0.2, 0) is 19.1 Å². The van der Waals surface area contributed by atoms with Gasteiger partial charge in [0.2, 0.25) is 0 Å². The van der Waals surface area contributed by atoms with Gasteiger partial charge in [-0.25, -0.2) is 0 Å². The highest BCUT2D eigenvalue weighted by molar-refractivity contribution is 5.70. The summed E-state index contributed by atoms with van der Waals surface area (Å²) in [5.74, 6) is -0.580. The molecule has 0 aliphatic carbocycles. The summed E-state index contributed by atoms with van der Waals surface area (Å²) in [4.78, 5) is 24.6. The quantitative estimate of drug-likeness (QED) is 0.0373. The van der Waals surface area contributed by atoms with E-state index in [1.165, 1.54) is 205 Å². The van der Waals surface area contributed by atoms with E-state index >= 15 is 0 Å². The first kappa shape index (κ1) is 69.1. The Kier molecular flexibility index (Phi) is 59.8. The molecule has 0 rings (SSSR count). The summed E-state index contributed by atoms with van der Waals surface area (Å²) in [5.41, 5.74) is 0. The molecule has 0 aromatic heterocycles. The highest BCUT2D eigenvalue weighted by atomic mass is 16.6. The van der Waals surface area contributed by atoms with Gasteiger partial charge in [0.1, 0.15) is 6.61 Å². The van der Waals surface area contributed by atoms with Crippen LogP contribution in [0.2, 0.25) is 0 Å². The number of hydrogen-bond acceptors (Lipinski definition) is 5. The van der Waals surface area contributed by atoms with E-state index < -0.39 is 6.10 Å². The average molecular weight is 1000 g/mol. The van der Waals surface area contributed by atoms with Crippen molar-refractivity contribution in [3.05, 3.63) is 85.1 Å². The predicted molar refractivity (Wildman–Crippen MR) is 316 cm³/mol. The van der Waals surface area contributed by atoms with Gasteiger partial charge in [-0.2, -0.15) is 0 Å². The first-order valence-electron chi connectivity index (χ1n) is 31.1. The van der Waals surface area contributed by atoms with Crippen molar-refractivity contribution < 1.29 is 24.2 Å². The summed E-state index contributed by atoms with van der Waals surface area (Å²) in [7, 11) is 0. The summed E-state index contributed by atoms with van der Waals surface area (Å²) >= 11 is 0. The molecule has 0 aliphatic rings. The Hall–Kier alpha value is -2.92. The molecule has 0 aromatic carbocycles. The summed E-state index contributed by atoms with van der Waals surface area (Å²) in [6, 6.07) is 0. The average Bonchev–Trinajstić information content (AvgIpc) is 3.38. The molecule has 0 saturated carbocycles. The van der Waals surface area contributed by atoms with Crippen LogP contribution in [0.15, 0.2) is 85.1 Å². The Bertz CT molecular complexity index is 1320. The van der Waals surface area contributed by atoms with E-state index in [4.69, 9.17) is 9.47 Å². The van der Waals surface area contributed by atoms with E-state index in [9.17, 15) is 14.7 Å². The molecule has 5 nitrogen and oxygen atoms in total. The van der Waals surface area contributed by atoms with Gasteiger partial charge < -0.3 is 14.6 Å². The maximum Gasteiger partial charge on any atom is 0.306 e. The van der Waals surface area contributed by atoms with Crippen molar-refractivity contribution >= 4 is 11.9 Å². The molecule has 0 aliphatic heterocycles. The summed E-state index contributed by atoms with van der Waals surface area (Å²) in [6.45, 7) is 4.05. The van der Waals surface area contributed by atoms with E-state index in [0.29, 0.717) is 12.8 Å². The number of esters is 2. The molecule has 1 N–H and O–H groups in total. The number of ether oxygens (including phenoxy) is 2. The van der Waals surface area contributed by atoms with Gasteiger partial charge in [0.25, 0.3) is 0 Å². The minimum atomic E-state index is -0.775. The molecule has 416 valence electrons. The molecule has 0 amide bonds. The Morgan fingerprint density at radius 2 is 0.597 bits per heavy atom. The monoisotopic (exact) mass is 1000 g/mol. The van der Waals surface area contributed by atoms with Crippen molar-refractivity contribution in [2.45, 2.75) is 315 Å². The summed E-state index contributed by atoms with van der Waals surface area (Å²) in [5, 5.41) is 9.68. The van der Waals surface area contributed by atoms with Crippen LogP contribution >= 0.6 is 0 Å². The van der Waals surface area contributed by atoms with Crippen molar-refractivity contribution in [2.75, 3.05) is 13.2 Å². The lowest BCUT2D eigenvalue weighted by Gasteiger charge is -2.15. The van der Waals surface area contributed by atoms with Gasteiger partial charge in [0, 0.05) is 12.8 Å². The number of carbonyl (C=O) groups excluding carboxylic acids is 2. The largest absolute Gasteiger partial charge is 0.462 e. The molecule has 0 fully saturated rings. The fourth-order valence-electron chi connectivity index (χ4n) is 9.03. The zero-order valence-corrected chi connectivity index (χ0v) is 47.7. The lowest BCUT2D eigenvalue weighted by molar-refractivity contribution is -0.161. The smallest absolute Gasteiger partial charge is 0.306 e. The fourth-order valence-corrected chi connectivity index (χ4v) is 9.03. The van der Waals surface area contributed by atoms with Gasteiger partial charge in [0.05, 0.1) is 6.61 Å². The second-order valence-electron chi connectivity index (χ2n) is 20.8. The fraction of sp³-hybridized carbons (Fsp3) is 0.761. The zero-order chi connectivity index (χ0) is 52.0. The summed E-state index contributed by atoms with van der Waals surface area (Å²) < 4.78 is 10.7. The molecular formula is C67H118O5. The number of aliphatic hydroxyl groups is 1. The topological polar surface area (TPSA) is 72.8 Å². The highest BCUT2D eigenvalue weighted by Gasteiger charge is 2.16. The molecule has 0 bridgehead atoms. The molecule has 0 radical (unpaired) electrons. The molecule has 5 heteroatoms. The van der Waals surface area contributed by atoms with E-state index in [1.54, 1.807) is 0 Å². The molecule has 72 heavy (non-hydrogen) atoms. The number of unbranched alkanes of at least 4 members (excludes halogenated alkanes) is 35. The van der Waals surface area contributed by atoms with Gasteiger partial charge in [0.15, 0.2) is 6.10 Å². The second kappa shape index (κ2) is 62.4. The first-order valence-corrected chi connectivity index (χ1v) is 31.1. The van der Waals surface area contributed by atoms with Crippen LogP contribution in [-0.4, -0.2) is 36.4 Å². The third-order valence-corrected chi connectivity index (χ3v) is 13.7. The van der Waals surface area contributed by atoms with Crippen LogP contribution in [0.5, 0.6) is 0 Å². The minimum Gasteiger partial charge on any atom is -0.462 e. The molecule has 1 atom stereocenters. The van der Waals surface area contributed by atoms with Crippen LogP contribution in [0.3, 0.4) is 0 Å². The maximum absolute atomic E-state index is 12.3. The van der Waals surface area contributed by atoms with Gasteiger partial charge in [-0.1, -0.05) is 292 Å². The number of allylic oxidation sites excluding steroid dienone is 14. The van der Waals surface area contributed by atoms with Crippen LogP contribution in [0.4, 0.5) is 0 Å². The van der Waals surface area contributed by atoms with E-state index in [2.05, 4.69) is 98.9 Å². The molecule has 0 spiro atoms. The number of rotatable bonds is 57. The van der Waals surface area contributed by atoms with E-state index in [-0.39, 0.29) is 25.2 Å². The van der Waals surface area contributed by atoms with Crippen molar-refractivity contribution in [1.82, 2.24) is 0 Å². The number of carbonyl (C=O) groups is 2. The summed E-state index contributed by atoms with van der Waals surface area (Å²) in [6.07, 6.45) is 87.2. The predicted octanol–water partition coefficient (Wildman–Crippen LogP) is 21.3. The Labute approximate surface area is 447 Å². The number of hydrogen-bond donors (Lipinski definition) is 1. The third-order valence-electron chi connectivity index (χ3n) is 13.7. The van der Waals surface area contributed by atoms with Crippen LogP contribution in [0.25, 0.3) is 0 Å². The molecular weight excluding hydrogens is 885 g/mol. The molecule has 0 saturated heterocycles. The second-order valence-corrected chi connectivity index (χ2v) is 20.8. The van der Waals surface area contributed by atoms with Crippen LogP contribution in [0.1, 0.15) is 309 Å². The van der Waals surface area contributed by atoms with E-state index in [1.807, 2.05) is 0 Å². The van der Waals surface area contributed by atoms with Gasteiger partial charge >= 0.3 is 11.9 Å². The molecule has 0 heterocycles. The van der Waals surface area contributed by atoms with Crippen LogP contribution < -0.4 is 0 Å². The highest BCUT2D eigenvalue weighted by Crippen LogP contribution is 2.17. The van der Waals surface area contributed by atoms with Gasteiger partial charge in [-0.15, -0.1) is 0 Å². The lowest BCUT2D eigenvalue weighted by Crippen LogP contribution is -2.28. The standard InChI is InChI=1S/C67H118O5/c1-3-5-7-9-11-13-15-17-19-21-23-25-27-29-30-31-32-33-34-35-36-38-40-42-44-46-48-50-52-54-56-58-60-62-67(70)72-65(63-68)64-71-66(69)61-59-57-55-53-51-49-47-45-43-41-39-37-28-26-24-22-20-18-16-14-12-10-8-6-4-2/h5,7,11,13,16-19,22-25,29-30,65,68H,3-4,6,8-10,12,14-15,20-21,26-28,31-64H2,1-2H3/b7-5-,13-11-,18-16-,19-17-,24-22-,25-23-,30-29-. The van der Waals surface area contributed by atoms with E-state index in [0.717, 1.165) is 77.0 Å². The maximum atomic E-state index is 12.3. The molecule has 0 aromatic rings. The van der Waals surface area contributed by atoms with Gasteiger partial charge in [-0.05, 0) is 89.9 Å². The van der Waals surface area contributed by atoms with Crippen LogP contribution in [0, 0.1) is 0 Å². The van der Waals surface area contributed by atoms with Crippen molar-refractivity contribution in [2.24, 2.45) is 0 Å². The first-order chi connectivity index (χ1) is 35.6. The zero-order valence-electron chi connectivity index (χ0n) is 47.7. The van der Waals surface area contributed by atoms with Crippen molar-refractivity contribution in [3.63, 3.8) is 0 Å². The molecule has 1 unspecified atom stereocenters. The Balaban J connectivity index is 3.46. The van der Waals surface area contributed by atoms with Crippen molar-refractivity contribution in [3.8, 4) is 0 Å². The Morgan fingerprint density at radius 1 is 0.333 bits per heavy atom.